The summed E-state index contributed by atoms with van der Waals surface area (Å²) in [4.78, 5) is 0. The van der Waals surface area contributed by atoms with Gasteiger partial charge in [-0.25, -0.2) is 0 Å². The highest BCUT2D eigenvalue weighted by atomic mass is 16.5. The summed E-state index contributed by atoms with van der Waals surface area (Å²) < 4.78 is 11.0. The maximum absolute atomic E-state index is 5.50. The van der Waals surface area contributed by atoms with Crippen molar-refractivity contribution in [3.8, 4) is 5.75 Å². The Bertz CT molecular complexity index is 377. The van der Waals surface area contributed by atoms with Gasteiger partial charge in [0.2, 0.25) is 0 Å². The maximum atomic E-state index is 5.50. The summed E-state index contributed by atoms with van der Waals surface area (Å²) >= 11 is 0. The summed E-state index contributed by atoms with van der Waals surface area (Å²) in [6.07, 6.45) is 2.44. The number of fused-ring (bicyclic) bond motifs is 1. The van der Waals surface area contributed by atoms with Gasteiger partial charge in [0.05, 0.1) is 19.3 Å². The molecule has 1 N–H and O–H groups in total. The molecule has 0 saturated carbocycles. The van der Waals surface area contributed by atoms with Crippen LogP contribution in [-0.4, -0.2) is 32.4 Å². The maximum Gasteiger partial charge on any atom is 0.122 e. The largest absolute Gasteiger partial charge is 0.493 e. The molecule has 1 aliphatic heterocycles. The second-order valence-electron chi connectivity index (χ2n) is 4.96. The lowest BCUT2D eigenvalue weighted by Gasteiger charge is -2.09. The van der Waals surface area contributed by atoms with E-state index in [1.54, 1.807) is 0 Å². The summed E-state index contributed by atoms with van der Waals surface area (Å²) in [6.45, 7) is 7.67. The van der Waals surface area contributed by atoms with Crippen molar-refractivity contribution in [3.05, 3.63) is 29.3 Å². The molecule has 2 rings (SSSR count). The minimum atomic E-state index is 0.323. The zero-order valence-corrected chi connectivity index (χ0v) is 11.4. The molecule has 3 heteroatoms. The number of hydrogen-bond donors (Lipinski definition) is 1. The van der Waals surface area contributed by atoms with Crippen molar-refractivity contribution in [2.75, 3.05) is 26.3 Å². The van der Waals surface area contributed by atoms with Crippen LogP contribution in [0.4, 0.5) is 0 Å². The third-order valence-corrected chi connectivity index (χ3v) is 3.07. The fourth-order valence-electron chi connectivity index (χ4n) is 2.12. The monoisotopic (exact) mass is 249 g/mol. The SMILES string of the molecule is CC(C)OCCNCCc1ccc2c(c1)CCO2. The Kier molecular flexibility index (Phi) is 5.02. The summed E-state index contributed by atoms with van der Waals surface area (Å²) in [5.74, 6) is 1.07. The fourth-order valence-corrected chi connectivity index (χ4v) is 2.12. The van der Waals surface area contributed by atoms with Crippen LogP contribution in [0.15, 0.2) is 18.2 Å². The van der Waals surface area contributed by atoms with Crippen LogP contribution in [0.5, 0.6) is 5.75 Å². The Morgan fingerprint density at radius 1 is 1.33 bits per heavy atom. The van der Waals surface area contributed by atoms with Gasteiger partial charge in [-0.2, -0.15) is 0 Å². The van der Waals surface area contributed by atoms with Crippen LogP contribution in [0, 0.1) is 0 Å². The van der Waals surface area contributed by atoms with E-state index in [0.717, 1.165) is 44.9 Å². The van der Waals surface area contributed by atoms with Crippen molar-refractivity contribution < 1.29 is 9.47 Å². The molecular weight excluding hydrogens is 226 g/mol. The average molecular weight is 249 g/mol. The predicted molar refractivity (Wildman–Crippen MR) is 73.3 cm³/mol. The van der Waals surface area contributed by atoms with Gasteiger partial charge in [0.25, 0.3) is 0 Å². The topological polar surface area (TPSA) is 30.5 Å². The Labute approximate surface area is 109 Å². The van der Waals surface area contributed by atoms with Crippen molar-refractivity contribution in [1.29, 1.82) is 0 Å². The van der Waals surface area contributed by atoms with Crippen LogP contribution < -0.4 is 10.1 Å². The average Bonchev–Trinajstić information content (AvgIpc) is 2.80. The summed E-state index contributed by atoms with van der Waals surface area (Å²) in [7, 11) is 0. The molecule has 0 aromatic heterocycles. The highest BCUT2D eigenvalue weighted by molar-refractivity contribution is 5.39. The first-order chi connectivity index (χ1) is 8.75. The molecule has 0 fully saturated rings. The zero-order chi connectivity index (χ0) is 12.8. The Hall–Kier alpha value is -1.06. The molecule has 3 nitrogen and oxygen atoms in total. The van der Waals surface area contributed by atoms with Crippen molar-refractivity contribution in [2.45, 2.75) is 32.8 Å². The van der Waals surface area contributed by atoms with E-state index in [2.05, 4.69) is 37.4 Å². The normalized spacial score (nSPS) is 13.7. The Balaban J connectivity index is 1.65. The molecule has 1 heterocycles. The van der Waals surface area contributed by atoms with Crippen LogP contribution in [0.1, 0.15) is 25.0 Å². The van der Waals surface area contributed by atoms with E-state index in [-0.39, 0.29) is 0 Å². The summed E-state index contributed by atoms with van der Waals surface area (Å²) in [6, 6.07) is 6.53. The smallest absolute Gasteiger partial charge is 0.122 e. The molecule has 0 bridgehead atoms. The number of hydrogen-bond acceptors (Lipinski definition) is 3. The lowest BCUT2D eigenvalue weighted by atomic mass is 10.1. The van der Waals surface area contributed by atoms with Crippen LogP contribution in [0.3, 0.4) is 0 Å². The van der Waals surface area contributed by atoms with E-state index in [1.807, 2.05) is 0 Å². The molecule has 0 amide bonds. The molecule has 18 heavy (non-hydrogen) atoms. The molecule has 0 radical (unpaired) electrons. The third-order valence-electron chi connectivity index (χ3n) is 3.07. The van der Waals surface area contributed by atoms with Crippen molar-refractivity contribution >= 4 is 0 Å². The van der Waals surface area contributed by atoms with Gasteiger partial charge in [-0.3, -0.25) is 0 Å². The molecule has 1 aromatic carbocycles. The number of ether oxygens (including phenoxy) is 2. The first-order valence-electron chi connectivity index (χ1n) is 6.82. The molecule has 100 valence electrons. The van der Waals surface area contributed by atoms with E-state index in [9.17, 15) is 0 Å². The van der Waals surface area contributed by atoms with Crippen LogP contribution in [0.25, 0.3) is 0 Å². The zero-order valence-electron chi connectivity index (χ0n) is 11.4. The van der Waals surface area contributed by atoms with Gasteiger partial charge in [0.15, 0.2) is 0 Å². The van der Waals surface area contributed by atoms with Gasteiger partial charge in [-0.15, -0.1) is 0 Å². The van der Waals surface area contributed by atoms with Crippen molar-refractivity contribution in [1.82, 2.24) is 5.32 Å². The number of nitrogens with one attached hydrogen (secondary N) is 1. The van der Waals surface area contributed by atoms with E-state index in [1.165, 1.54) is 11.1 Å². The van der Waals surface area contributed by atoms with Crippen molar-refractivity contribution in [3.63, 3.8) is 0 Å². The minimum Gasteiger partial charge on any atom is -0.493 e. The Morgan fingerprint density at radius 2 is 2.22 bits per heavy atom. The van der Waals surface area contributed by atoms with Gasteiger partial charge in [-0.1, -0.05) is 12.1 Å². The highest BCUT2D eigenvalue weighted by Gasteiger charge is 2.11. The molecule has 0 saturated heterocycles. The molecule has 1 aromatic rings. The molecule has 0 unspecified atom stereocenters. The van der Waals surface area contributed by atoms with Gasteiger partial charge >= 0.3 is 0 Å². The van der Waals surface area contributed by atoms with Gasteiger partial charge in [-0.05, 0) is 44.0 Å². The van der Waals surface area contributed by atoms with Crippen LogP contribution >= 0.6 is 0 Å². The lowest BCUT2D eigenvalue weighted by molar-refractivity contribution is 0.0810. The first kappa shape index (κ1) is 13.4. The van der Waals surface area contributed by atoms with Crippen LogP contribution in [-0.2, 0) is 17.6 Å². The van der Waals surface area contributed by atoms with E-state index >= 15 is 0 Å². The minimum absolute atomic E-state index is 0.323. The molecular formula is C15H23NO2. The van der Waals surface area contributed by atoms with Gasteiger partial charge < -0.3 is 14.8 Å². The van der Waals surface area contributed by atoms with E-state index in [0.29, 0.717) is 6.10 Å². The standard InChI is InChI=1S/C15H23NO2/c1-12(2)17-10-8-16-7-5-13-3-4-15-14(11-13)6-9-18-15/h3-4,11-12,16H,5-10H2,1-2H3. The van der Waals surface area contributed by atoms with Gasteiger partial charge in [0.1, 0.15) is 5.75 Å². The molecule has 0 aliphatic carbocycles. The fraction of sp³-hybridized carbons (Fsp3) is 0.600. The van der Waals surface area contributed by atoms with Gasteiger partial charge in [0, 0.05) is 13.0 Å². The predicted octanol–water partition coefficient (Wildman–Crippen LogP) is 2.18. The second kappa shape index (κ2) is 6.76. The number of benzene rings is 1. The highest BCUT2D eigenvalue weighted by Crippen LogP contribution is 2.25. The van der Waals surface area contributed by atoms with E-state index < -0.39 is 0 Å². The lowest BCUT2D eigenvalue weighted by Crippen LogP contribution is -2.23. The molecule has 0 atom stereocenters. The van der Waals surface area contributed by atoms with E-state index in [4.69, 9.17) is 9.47 Å². The number of rotatable bonds is 7. The summed E-state index contributed by atoms with van der Waals surface area (Å²) in [5.41, 5.74) is 2.74. The quantitative estimate of drug-likeness (QED) is 0.751. The Morgan fingerprint density at radius 3 is 3.06 bits per heavy atom. The summed E-state index contributed by atoms with van der Waals surface area (Å²) in [5, 5.41) is 3.40. The third kappa shape index (κ3) is 4.00. The second-order valence-corrected chi connectivity index (χ2v) is 4.96. The molecule has 0 spiro atoms. The molecule has 1 aliphatic rings. The van der Waals surface area contributed by atoms with Crippen LogP contribution in [0.2, 0.25) is 0 Å². The first-order valence-corrected chi connectivity index (χ1v) is 6.82. The van der Waals surface area contributed by atoms with Crippen molar-refractivity contribution in [2.24, 2.45) is 0 Å².